The molecule has 0 spiro atoms. The highest BCUT2D eigenvalue weighted by atomic mass is 15.2. The monoisotopic (exact) mass is 221 g/mol. The third kappa shape index (κ3) is 3.81. The Morgan fingerprint density at radius 1 is 1.38 bits per heavy atom. The van der Waals surface area contributed by atoms with Crippen LogP contribution in [0.25, 0.3) is 0 Å². The Bertz CT molecular complexity index is 323. The third-order valence-corrected chi connectivity index (χ3v) is 2.92. The van der Waals surface area contributed by atoms with Gasteiger partial charge >= 0.3 is 0 Å². The number of hydrogen-bond acceptors (Lipinski definition) is 3. The van der Waals surface area contributed by atoms with Gasteiger partial charge in [-0.3, -0.25) is 0 Å². The van der Waals surface area contributed by atoms with E-state index < -0.39 is 0 Å². The van der Waals surface area contributed by atoms with E-state index in [4.69, 9.17) is 5.73 Å². The van der Waals surface area contributed by atoms with E-state index in [0.717, 1.165) is 24.5 Å². The number of hydrogen-bond donors (Lipinski definition) is 1. The molecule has 16 heavy (non-hydrogen) atoms. The van der Waals surface area contributed by atoms with Crippen LogP contribution in [0, 0.1) is 12.8 Å². The van der Waals surface area contributed by atoms with Crippen molar-refractivity contribution in [3.05, 3.63) is 23.9 Å². The summed E-state index contributed by atoms with van der Waals surface area (Å²) in [6.45, 7) is 7.29. The molecule has 1 unspecified atom stereocenters. The summed E-state index contributed by atoms with van der Waals surface area (Å²) in [4.78, 5) is 6.64. The van der Waals surface area contributed by atoms with Gasteiger partial charge in [0.1, 0.15) is 5.82 Å². The molecule has 0 fully saturated rings. The van der Waals surface area contributed by atoms with Crippen LogP contribution < -0.4 is 10.6 Å². The molecule has 0 bridgehead atoms. The maximum Gasteiger partial charge on any atom is 0.128 e. The Morgan fingerprint density at radius 3 is 2.62 bits per heavy atom. The number of pyridine rings is 1. The highest BCUT2D eigenvalue weighted by molar-refractivity contribution is 5.37. The Kier molecular flexibility index (Phi) is 4.74. The number of nitrogens with zero attached hydrogens (tertiary/aromatic N) is 2. The van der Waals surface area contributed by atoms with Gasteiger partial charge in [0.05, 0.1) is 0 Å². The predicted octanol–water partition coefficient (Wildman–Crippen LogP) is 2.20. The fourth-order valence-electron chi connectivity index (χ4n) is 1.53. The van der Waals surface area contributed by atoms with Crippen LogP contribution in [0.4, 0.5) is 5.82 Å². The zero-order chi connectivity index (χ0) is 12.1. The van der Waals surface area contributed by atoms with Gasteiger partial charge in [0.2, 0.25) is 0 Å². The van der Waals surface area contributed by atoms with Crippen molar-refractivity contribution in [1.82, 2.24) is 4.98 Å². The molecule has 0 saturated carbocycles. The molecule has 0 aliphatic heterocycles. The minimum atomic E-state index is 0.271. The molecule has 1 heterocycles. The zero-order valence-electron chi connectivity index (χ0n) is 10.8. The van der Waals surface area contributed by atoms with E-state index in [1.165, 1.54) is 0 Å². The first-order chi connectivity index (χ1) is 7.50. The molecule has 3 nitrogen and oxygen atoms in total. The molecule has 0 aliphatic carbocycles. The van der Waals surface area contributed by atoms with E-state index in [1.54, 1.807) is 0 Å². The average Bonchev–Trinajstić information content (AvgIpc) is 2.25. The van der Waals surface area contributed by atoms with Gasteiger partial charge in [-0.05, 0) is 31.4 Å². The highest BCUT2D eigenvalue weighted by Crippen LogP contribution is 2.11. The summed E-state index contributed by atoms with van der Waals surface area (Å²) in [5.74, 6) is 1.56. The second kappa shape index (κ2) is 5.85. The second-order valence-electron chi connectivity index (χ2n) is 4.76. The van der Waals surface area contributed by atoms with Gasteiger partial charge in [-0.1, -0.05) is 19.9 Å². The van der Waals surface area contributed by atoms with Crippen LogP contribution in [0.2, 0.25) is 0 Å². The van der Waals surface area contributed by atoms with Crippen LogP contribution >= 0.6 is 0 Å². The fraction of sp³-hybridized carbons (Fsp3) is 0.615. The molecule has 0 aromatic carbocycles. The Labute approximate surface area is 98.7 Å². The maximum absolute atomic E-state index is 6.03. The molecule has 2 N–H and O–H groups in total. The predicted molar refractivity (Wildman–Crippen MR) is 69.7 cm³/mol. The van der Waals surface area contributed by atoms with Crippen LogP contribution in [0.1, 0.15) is 26.0 Å². The average molecular weight is 221 g/mol. The third-order valence-electron chi connectivity index (χ3n) is 2.92. The van der Waals surface area contributed by atoms with Crippen LogP contribution in [-0.2, 0) is 0 Å². The van der Waals surface area contributed by atoms with Crippen LogP contribution in [0.15, 0.2) is 18.2 Å². The topological polar surface area (TPSA) is 42.1 Å². The van der Waals surface area contributed by atoms with Crippen LogP contribution in [-0.4, -0.2) is 24.6 Å². The van der Waals surface area contributed by atoms with E-state index in [0.29, 0.717) is 5.92 Å². The van der Waals surface area contributed by atoms with Crippen LogP contribution in [0.5, 0.6) is 0 Å². The van der Waals surface area contributed by atoms with Gasteiger partial charge in [0.25, 0.3) is 0 Å². The summed E-state index contributed by atoms with van der Waals surface area (Å²) in [5, 5.41) is 0. The number of rotatable bonds is 5. The molecule has 1 rings (SSSR count). The lowest BCUT2D eigenvalue weighted by molar-refractivity contribution is 0.465. The molecule has 3 heteroatoms. The summed E-state index contributed by atoms with van der Waals surface area (Å²) in [6, 6.07) is 6.36. The number of aryl methyl sites for hydroxylation is 1. The summed E-state index contributed by atoms with van der Waals surface area (Å²) < 4.78 is 0. The van der Waals surface area contributed by atoms with Crippen molar-refractivity contribution in [2.75, 3.05) is 18.5 Å². The molecular formula is C13H23N3. The van der Waals surface area contributed by atoms with E-state index >= 15 is 0 Å². The molecular weight excluding hydrogens is 198 g/mol. The standard InChI is InChI=1S/C13H23N3/c1-10(2)12(14)8-9-16(4)13-7-5-6-11(3)15-13/h5-7,10,12H,8-9,14H2,1-4H3. The van der Waals surface area contributed by atoms with Crippen molar-refractivity contribution in [1.29, 1.82) is 0 Å². The van der Waals surface area contributed by atoms with Crippen molar-refractivity contribution in [3.63, 3.8) is 0 Å². The quantitative estimate of drug-likeness (QED) is 0.829. The smallest absolute Gasteiger partial charge is 0.128 e. The molecule has 0 aliphatic rings. The largest absolute Gasteiger partial charge is 0.360 e. The molecule has 1 aromatic heterocycles. The van der Waals surface area contributed by atoms with Gasteiger partial charge < -0.3 is 10.6 Å². The maximum atomic E-state index is 6.03. The van der Waals surface area contributed by atoms with Crippen molar-refractivity contribution in [2.24, 2.45) is 11.7 Å². The second-order valence-corrected chi connectivity index (χ2v) is 4.76. The van der Waals surface area contributed by atoms with Crippen LogP contribution in [0.3, 0.4) is 0 Å². The molecule has 1 aromatic rings. The van der Waals surface area contributed by atoms with E-state index in [-0.39, 0.29) is 6.04 Å². The summed E-state index contributed by atoms with van der Waals surface area (Å²) in [6.07, 6.45) is 1.00. The van der Waals surface area contributed by atoms with Crippen molar-refractivity contribution >= 4 is 5.82 Å². The van der Waals surface area contributed by atoms with E-state index in [9.17, 15) is 0 Å². The highest BCUT2D eigenvalue weighted by Gasteiger charge is 2.09. The first-order valence-electron chi connectivity index (χ1n) is 5.91. The first-order valence-corrected chi connectivity index (χ1v) is 5.91. The lowest BCUT2D eigenvalue weighted by atomic mass is 10.0. The summed E-state index contributed by atoms with van der Waals surface area (Å²) in [7, 11) is 2.06. The SMILES string of the molecule is Cc1cccc(N(C)CCC(N)C(C)C)n1. The van der Waals surface area contributed by atoms with Crippen molar-refractivity contribution in [3.8, 4) is 0 Å². The van der Waals surface area contributed by atoms with Gasteiger partial charge in [-0.2, -0.15) is 0 Å². The molecule has 90 valence electrons. The first kappa shape index (κ1) is 13.0. The minimum absolute atomic E-state index is 0.271. The lowest BCUT2D eigenvalue weighted by Crippen LogP contribution is -2.32. The zero-order valence-corrected chi connectivity index (χ0v) is 10.8. The molecule has 1 atom stereocenters. The minimum Gasteiger partial charge on any atom is -0.360 e. The van der Waals surface area contributed by atoms with E-state index in [1.807, 2.05) is 25.1 Å². The Morgan fingerprint density at radius 2 is 2.06 bits per heavy atom. The number of anilines is 1. The van der Waals surface area contributed by atoms with Gasteiger partial charge in [0, 0.05) is 25.3 Å². The number of nitrogens with two attached hydrogens (primary N) is 1. The summed E-state index contributed by atoms with van der Waals surface area (Å²) in [5.41, 5.74) is 7.08. The molecule has 0 amide bonds. The normalized spacial score (nSPS) is 12.9. The van der Waals surface area contributed by atoms with Crippen molar-refractivity contribution < 1.29 is 0 Å². The van der Waals surface area contributed by atoms with Crippen molar-refractivity contribution in [2.45, 2.75) is 33.2 Å². The Balaban J connectivity index is 2.49. The molecule has 0 saturated heterocycles. The Hall–Kier alpha value is -1.09. The lowest BCUT2D eigenvalue weighted by Gasteiger charge is -2.22. The van der Waals surface area contributed by atoms with Gasteiger partial charge in [-0.25, -0.2) is 4.98 Å². The van der Waals surface area contributed by atoms with Gasteiger partial charge in [-0.15, -0.1) is 0 Å². The van der Waals surface area contributed by atoms with Gasteiger partial charge in [0.15, 0.2) is 0 Å². The number of aromatic nitrogens is 1. The molecule has 0 radical (unpaired) electrons. The fourth-order valence-corrected chi connectivity index (χ4v) is 1.53. The summed E-state index contributed by atoms with van der Waals surface area (Å²) >= 11 is 0. The van der Waals surface area contributed by atoms with E-state index in [2.05, 4.69) is 30.8 Å².